The number of rotatable bonds is 4. The molecule has 2 aromatic carbocycles. The number of hydrogen-bond donors (Lipinski definition) is 0. The first-order valence-electron chi connectivity index (χ1n) is 6.87. The summed E-state index contributed by atoms with van der Waals surface area (Å²) >= 11 is 0. The first-order valence-corrected chi connectivity index (χ1v) is 6.87. The second-order valence-corrected chi connectivity index (χ2v) is 5.12. The predicted octanol–water partition coefficient (Wildman–Crippen LogP) is 3.92. The van der Waals surface area contributed by atoms with Gasteiger partial charge in [-0.1, -0.05) is 56.3 Å². The molecule has 0 bridgehead atoms. The Morgan fingerprint density at radius 1 is 1.14 bits per heavy atom. The van der Waals surface area contributed by atoms with Crippen LogP contribution in [0.4, 0.5) is 0 Å². The lowest BCUT2D eigenvalue weighted by molar-refractivity contribution is -0.148. The quantitative estimate of drug-likeness (QED) is 0.797. The van der Waals surface area contributed by atoms with E-state index in [9.17, 15) is 4.79 Å². The largest absolute Gasteiger partial charge is 0.461 e. The molecule has 2 rings (SSSR count). The van der Waals surface area contributed by atoms with Crippen molar-refractivity contribution in [2.75, 3.05) is 0 Å². The van der Waals surface area contributed by atoms with Gasteiger partial charge in [-0.2, -0.15) is 5.26 Å². The highest BCUT2D eigenvalue weighted by atomic mass is 16.5. The molecule has 0 spiro atoms. The van der Waals surface area contributed by atoms with Crippen LogP contribution in [0.5, 0.6) is 0 Å². The Bertz CT molecular complexity index is 666. The second kappa shape index (κ2) is 6.71. The van der Waals surface area contributed by atoms with E-state index in [4.69, 9.17) is 10.00 Å². The van der Waals surface area contributed by atoms with Gasteiger partial charge in [-0.15, -0.1) is 0 Å². The summed E-state index contributed by atoms with van der Waals surface area (Å²) in [5, 5.41) is 9.12. The Balaban J connectivity index is 2.13. The Morgan fingerprint density at radius 2 is 1.81 bits per heavy atom. The SMILES string of the molecule is CC(C)C(=O)OCc1ccc(-c2ccccc2C#N)cc1. The van der Waals surface area contributed by atoms with E-state index >= 15 is 0 Å². The van der Waals surface area contributed by atoms with Crippen LogP contribution in [0.2, 0.25) is 0 Å². The lowest BCUT2D eigenvalue weighted by Gasteiger charge is -2.08. The maximum absolute atomic E-state index is 11.4. The molecule has 0 aromatic heterocycles. The third-order valence-corrected chi connectivity index (χ3v) is 3.16. The summed E-state index contributed by atoms with van der Waals surface area (Å²) in [5.41, 5.74) is 3.47. The van der Waals surface area contributed by atoms with E-state index in [-0.39, 0.29) is 18.5 Å². The van der Waals surface area contributed by atoms with Crippen molar-refractivity contribution in [3.63, 3.8) is 0 Å². The molecule has 0 saturated carbocycles. The summed E-state index contributed by atoms with van der Waals surface area (Å²) in [6.45, 7) is 3.89. The fraction of sp³-hybridized carbons (Fsp3) is 0.222. The zero-order valence-corrected chi connectivity index (χ0v) is 12.2. The van der Waals surface area contributed by atoms with Crippen LogP contribution in [0.1, 0.15) is 25.0 Å². The van der Waals surface area contributed by atoms with Crippen LogP contribution in [0.15, 0.2) is 48.5 Å². The maximum Gasteiger partial charge on any atom is 0.308 e. The Morgan fingerprint density at radius 3 is 2.43 bits per heavy atom. The normalized spacial score (nSPS) is 10.2. The maximum atomic E-state index is 11.4. The molecule has 0 fully saturated rings. The Kier molecular flexibility index (Phi) is 4.73. The fourth-order valence-corrected chi connectivity index (χ4v) is 1.93. The van der Waals surface area contributed by atoms with Crippen molar-refractivity contribution in [1.29, 1.82) is 5.26 Å². The van der Waals surface area contributed by atoms with Gasteiger partial charge in [0, 0.05) is 0 Å². The minimum Gasteiger partial charge on any atom is -0.461 e. The van der Waals surface area contributed by atoms with Crippen molar-refractivity contribution >= 4 is 5.97 Å². The summed E-state index contributed by atoms with van der Waals surface area (Å²) in [6.07, 6.45) is 0. The highest BCUT2D eigenvalue weighted by molar-refractivity contribution is 5.72. The van der Waals surface area contributed by atoms with Crippen molar-refractivity contribution in [2.24, 2.45) is 5.92 Å². The molecule has 0 radical (unpaired) electrons. The van der Waals surface area contributed by atoms with Gasteiger partial charge in [-0.3, -0.25) is 4.79 Å². The third-order valence-electron chi connectivity index (χ3n) is 3.16. The van der Waals surface area contributed by atoms with Crippen molar-refractivity contribution in [3.8, 4) is 17.2 Å². The van der Waals surface area contributed by atoms with E-state index < -0.39 is 0 Å². The number of ether oxygens (including phenoxy) is 1. The molecule has 3 nitrogen and oxygen atoms in total. The van der Waals surface area contributed by atoms with Crippen LogP contribution < -0.4 is 0 Å². The van der Waals surface area contributed by atoms with Crippen molar-refractivity contribution in [2.45, 2.75) is 20.5 Å². The van der Waals surface area contributed by atoms with Crippen LogP contribution >= 0.6 is 0 Å². The van der Waals surface area contributed by atoms with E-state index in [1.165, 1.54) is 0 Å². The molecule has 2 aromatic rings. The predicted molar refractivity (Wildman–Crippen MR) is 81.2 cm³/mol. The van der Waals surface area contributed by atoms with Crippen LogP contribution in [0.25, 0.3) is 11.1 Å². The molecule has 0 aliphatic rings. The molecular formula is C18H17NO2. The number of nitriles is 1. The number of hydrogen-bond acceptors (Lipinski definition) is 3. The van der Waals surface area contributed by atoms with Gasteiger partial charge < -0.3 is 4.74 Å². The lowest BCUT2D eigenvalue weighted by Crippen LogP contribution is -2.11. The van der Waals surface area contributed by atoms with Crippen LogP contribution in [0.3, 0.4) is 0 Å². The van der Waals surface area contributed by atoms with Gasteiger partial charge in [0.2, 0.25) is 0 Å². The highest BCUT2D eigenvalue weighted by Gasteiger charge is 2.08. The number of nitrogens with zero attached hydrogens (tertiary/aromatic N) is 1. The van der Waals surface area contributed by atoms with E-state index in [0.29, 0.717) is 5.56 Å². The third kappa shape index (κ3) is 3.70. The summed E-state index contributed by atoms with van der Waals surface area (Å²) in [7, 11) is 0. The average Bonchev–Trinajstić information content (AvgIpc) is 2.53. The van der Waals surface area contributed by atoms with Gasteiger partial charge in [-0.05, 0) is 22.8 Å². The molecule has 0 atom stereocenters. The zero-order valence-electron chi connectivity index (χ0n) is 12.2. The van der Waals surface area contributed by atoms with Gasteiger partial charge in [0.25, 0.3) is 0 Å². The minimum absolute atomic E-state index is 0.119. The minimum atomic E-state index is -0.200. The van der Waals surface area contributed by atoms with Crippen LogP contribution in [-0.2, 0) is 16.1 Å². The number of esters is 1. The first-order chi connectivity index (χ1) is 10.1. The van der Waals surface area contributed by atoms with Gasteiger partial charge >= 0.3 is 5.97 Å². The van der Waals surface area contributed by atoms with E-state index in [1.54, 1.807) is 6.07 Å². The fourth-order valence-electron chi connectivity index (χ4n) is 1.93. The Hall–Kier alpha value is -2.60. The van der Waals surface area contributed by atoms with Gasteiger partial charge in [0.1, 0.15) is 6.61 Å². The molecule has 106 valence electrons. The first kappa shape index (κ1) is 14.8. The van der Waals surface area contributed by atoms with Crippen molar-refractivity contribution < 1.29 is 9.53 Å². The summed E-state index contributed by atoms with van der Waals surface area (Å²) in [6, 6.07) is 17.4. The highest BCUT2D eigenvalue weighted by Crippen LogP contribution is 2.23. The average molecular weight is 279 g/mol. The topological polar surface area (TPSA) is 50.1 Å². The van der Waals surface area contributed by atoms with Crippen LogP contribution in [-0.4, -0.2) is 5.97 Å². The standard InChI is InChI=1S/C18H17NO2/c1-13(2)18(20)21-12-14-7-9-15(10-8-14)17-6-4-3-5-16(17)11-19/h3-10,13H,12H2,1-2H3. The molecule has 0 saturated heterocycles. The van der Waals surface area contributed by atoms with Crippen molar-refractivity contribution in [3.05, 3.63) is 59.7 Å². The van der Waals surface area contributed by atoms with E-state index in [2.05, 4.69) is 6.07 Å². The molecule has 21 heavy (non-hydrogen) atoms. The van der Waals surface area contributed by atoms with E-state index in [0.717, 1.165) is 16.7 Å². The zero-order chi connectivity index (χ0) is 15.2. The summed E-state index contributed by atoms with van der Waals surface area (Å²) in [5.74, 6) is -0.319. The molecule has 0 unspecified atom stereocenters. The molecule has 0 N–H and O–H groups in total. The molecule has 3 heteroatoms. The Labute approximate surface area is 124 Å². The number of benzene rings is 2. The molecule has 0 heterocycles. The number of carbonyl (C=O) groups excluding carboxylic acids is 1. The van der Waals surface area contributed by atoms with Gasteiger partial charge in [-0.25, -0.2) is 0 Å². The molecule has 0 aliphatic carbocycles. The lowest BCUT2D eigenvalue weighted by atomic mass is 9.99. The molecule has 0 amide bonds. The van der Waals surface area contributed by atoms with E-state index in [1.807, 2.05) is 56.3 Å². The summed E-state index contributed by atoms with van der Waals surface area (Å²) < 4.78 is 5.19. The van der Waals surface area contributed by atoms with Gasteiger partial charge in [0.15, 0.2) is 0 Å². The second-order valence-electron chi connectivity index (χ2n) is 5.12. The molecular weight excluding hydrogens is 262 g/mol. The van der Waals surface area contributed by atoms with Gasteiger partial charge in [0.05, 0.1) is 17.6 Å². The van der Waals surface area contributed by atoms with Crippen LogP contribution in [0, 0.1) is 17.2 Å². The van der Waals surface area contributed by atoms with Crippen molar-refractivity contribution in [1.82, 2.24) is 0 Å². The smallest absolute Gasteiger partial charge is 0.308 e. The number of carbonyl (C=O) groups is 1. The molecule has 0 aliphatic heterocycles. The monoisotopic (exact) mass is 279 g/mol. The summed E-state index contributed by atoms with van der Waals surface area (Å²) in [4.78, 5) is 11.4.